The molecular weight excluding hydrogens is 797 g/mol. The number of rotatable bonds is 9. The highest BCUT2D eigenvalue weighted by Gasteiger charge is 2.18. The van der Waals surface area contributed by atoms with Crippen molar-refractivity contribution in [1.82, 2.24) is 0 Å². The van der Waals surface area contributed by atoms with Gasteiger partial charge in [0.25, 0.3) is 0 Å². The molecule has 0 heterocycles. The van der Waals surface area contributed by atoms with Crippen molar-refractivity contribution >= 4 is 77.2 Å². The van der Waals surface area contributed by atoms with E-state index in [9.17, 15) is 0 Å². The highest BCUT2D eigenvalue weighted by Crippen LogP contribution is 2.44. The van der Waals surface area contributed by atoms with Crippen molar-refractivity contribution in [2.75, 3.05) is 9.80 Å². The monoisotopic (exact) mass is 840 g/mol. The van der Waals surface area contributed by atoms with E-state index in [4.69, 9.17) is 0 Å². The molecular formula is C64H44N2. The van der Waals surface area contributed by atoms with E-state index in [1.54, 1.807) is 0 Å². The summed E-state index contributed by atoms with van der Waals surface area (Å²) in [5.41, 5.74) is 13.9. The molecule has 0 unspecified atom stereocenters. The molecule has 0 spiro atoms. The maximum absolute atomic E-state index is 2.36. The average molecular weight is 841 g/mol. The molecule has 0 aliphatic carbocycles. The van der Waals surface area contributed by atoms with E-state index in [-0.39, 0.29) is 0 Å². The lowest BCUT2D eigenvalue weighted by molar-refractivity contribution is 1.28. The topological polar surface area (TPSA) is 6.48 Å². The molecule has 0 amide bonds. The molecule has 0 aliphatic heterocycles. The summed E-state index contributed by atoms with van der Waals surface area (Å²) in [4.78, 5) is 4.73. The number of hydrogen-bond donors (Lipinski definition) is 0. The van der Waals surface area contributed by atoms with Crippen LogP contribution in [0.3, 0.4) is 0 Å². The highest BCUT2D eigenvalue weighted by atomic mass is 15.1. The van der Waals surface area contributed by atoms with Crippen LogP contribution in [0.2, 0.25) is 0 Å². The second-order valence-electron chi connectivity index (χ2n) is 16.9. The van der Waals surface area contributed by atoms with Gasteiger partial charge in [-0.05, 0) is 161 Å². The van der Waals surface area contributed by atoms with Crippen LogP contribution in [0.4, 0.5) is 34.1 Å². The van der Waals surface area contributed by atoms with Gasteiger partial charge in [0.1, 0.15) is 0 Å². The first-order chi connectivity index (χ1) is 32.7. The van der Waals surface area contributed by atoms with Gasteiger partial charge in [-0.15, -0.1) is 0 Å². The maximum Gasteiger partial charge on any atom is 0.0468 e. The van der Waals surface area contributed by atoms with Gasteiger partial charge in [0.15, 0.2) is 0 Å². The molecule has 2 heteroatoms. The Hall–Kier alpha value is -8.72. The Kier molecular flexibility index (Phi) is 9.89. The number of anilines is 6. The van der Waals surface area contributed by atoms with Crippen LogP contribution in [0.5, 0.6) is 0 Å². The first-order valence-corrected chi connectivity index (χ1v) is 22.7. The van der Waals surface area contributed by atoms with Crippen LogP contribution < -0.4 is 9.80 Å². The molecule has 0 aromatic heterocycles. The van der Waals surface area contributed by atoms with E-state index in [0.29, 0.717) is 0 Å². The average Bonchev–Trinajstić information content (AvgIpc) is 3.40. The Morgan fingerprint density at radius 3 is 0.894 bits per heavy atom. The van der Waals surface area contributed by atoms with Crippen LogP contribution in [-0.2, 0) is 0 Å². The van der Waals surface area contributed by atoms with E-state index in [2.05, 4.69) is 277 Å². The molecule has 0 saturated carbocycles. The lowest BCUT2D eigenvalue weighted by atomic mass is 9.93. The van der Waals surface area contributed by atoms with Crippen LogP contribution >= 0.6 is 0 Å². The molecule has 0 saturated heterocycles. The van der Waals surface area contributed by atoms with Gasteiger partial charge < -0.3 is 9.80 Å². The fraction of sp³-hybridized carbons (Fsp3) is 0. The number of hydrogen-bond acceptors (Lipinski definition) is 2. The van der Waals surface area contributed by atoms with Gasteiger partial charge in [-0.25, -0.2) is 0 Å². The van der Waals surface area contributed by atoms with Crippen molar-refractivity contribution in [3.8, 4) is 33.4 Å². The quantitative estimate of drug-likeness (QED) is 0.134. The second-order valence-corrected chi connectivity index (χ2v) is 16.9. The summed E-state index contributed by atoms with van der Waals surface area (Å²) < 4.78 is 0. The van der Waals surface area contributed by atoms with Crippen LogP contribution in [0, 0.1) is 0 Å². The number of nitrogens with zero attached hydrogens (tertiary/aromatic N) is 2. The fourth-order valence-corrected chi connectivity index (χ4v) is 9.83. The minimum atomic E-state index is 1.10. The molecule has 310 valence electrons. The smallest absolute Gasteiger partial charge is 0.0468 e. The van der Waals surface area contributed by atoms with Crippen molar-refractivity contribution in [2.24, 2.45) is 0 Å². The first-order valence-electron chi connectivity index (χ1n) is 22.7. The molecule has 2 nitrogen and oxygen atoms in total. The zero-order chi connectivity index (χ0) is 43.8. The number of para-hydroxylation sites is 2. The lowest BCUT2D eigenvalue weighted by Crippen LogP contribution is -2.10. The van der Waals surface area contributed by atoms with E-state index < -0.39 is 0 Å². The molecule has 0 aliphatic rings. The van der Waals surface area contributed by atoms with Crippen molar-refractivity contribution in [1.29, 1.82) is 0 Å². The van der Waals surface area contributed by atoms with Crippen molar-refractivity contribution < 1.29 is 0 Å². The molecule has 0 fully saturated rings. The van der Waals surface area contributed by atoms with Crippen LogP contribution in [0.15, 0.2) is 267 Å². The summed E-state index contributed by atoms with van der Waals surface area (Å²) in [6, 6.07) is 96.8. The van der Waals surface area contributed by atoms with Gasteiger partial charge in [-0.2, -0.15) is 0 Å². The Bertz CT molecular complexity index is 3410. The molecule has 66 heavy (non-hydrogen) atoms. The first kappa shape index (κ1) is 38.9. The minimum Gasteiger partial charge on any atom is -0.310 e. The molecule has 12 rings (SSSR count). The largest absolute Gasteiger partial charge is 0.310 e. The van der Waals surface area contributed by atoms with Gasteiger partial charge in [-0.3, -0.25) is 0 Å². The zero-order valence-electron chi connectivity index (χ0n) is 36.3. The van der Waals surface area contributed by atoms with E-state index in [0.717, 1.165) is 45.3 Å². The number of benzene rings is 12. The Morgan fingerprint density at radius 1 is 0.182 bits per heavy atom. The van der Waals surface area contributed by atoms with Crippen LogP contribution in [-0.4, -0.2) is 0 Å². The van der Waals surface area contributed by atoms with Crippen molar-refractivity contribution in [3.63, 3.8) is 0 Å². The van der Waals surface area contributed by atoms with Crippen LogP contribution in [0.25, 0.3) is 76.5 Å². The SMILES string of the molecule is c1ccc(-c2cc3ccccc3c3cc(N(c4ccccc4)c4ccc(-c5ccc(N(c6ccccc6)c6ccc7c(-c8ccccc8)cc8ccccc8c7c6)cc5)cc4)ccc23)cc1. The van der Waals surface area contributed by atoms with Gasteiger partial charge in [-0.1, -0.05) is 182 Å². The van der Waals surface area contributed by atoms with Gasteiger partial charge in [0.2, 0.25) is 0 Å². The lowest BCUT2D eigenvalue weighted by Gasteiger charge is -2.27. The molecule has 12 aromatic rings. The summed E-state index contributed by atoms with van der Waals surface area (Å²) in [7, 11) is 0. The third-order valence-corrected chi connectivity index (χ3v) is 13.0. The van der Waals surface area contributed by atoms with E-state index in [1.165, 1.54) is 65.3 Å². The maximum atomic E-state index is 2.36. The molecule has 0 N–H and O–H groups in total. The Morgan fingerprint density at radius 2 is 0.500 bits per heavy atom. The summed E-state index contributed by atoms with van der Waals surface area (Å²) in [6.07, 6.45) is 0. The molecule has 0 radical (unpaired) electrons. The Labute approximate surface area is 385 Å². The fourth-order valence-electron chi connectivity index (χ4n) is 9.83. The summed E-state index contributed by atoms with van der Waals surface area (Å²) in [6.45, 7) is 0. The second kappa shape index (κ2) is 16.8. The van der Waals surface area contributed by atoms with Gasteiger partial charge in [0, 0.05) is 34.1 Å². The number of fused-ring (bicyclic) bond motifs is 6. The molecule has 0 bridgehead atoms. The summed E-state index contributed by atoms with van der Waals surface area (Å²) in [5, 5.41) is 9.92. The standard InChI is InChI=1S/C64H44N2/c1-5-17-47(18-6-1)61-41-49-21-13-15-27-57(49)63-43-55(37-39-59(61)63)65(51-23-9-3-10-24-51)53-33-29-45(30-34-53)46-31-35-54(36-32-46)66(52-25-11-4-12-26-52)56-38-40-60-62(48-19-7-2-8-20-48)42-50-22-14-16-28-58(50)64(60)44-56/h1-44H. The third-order valence-electron chi connectivity index (χ3n) is 13.0. The van der Waals surface area contributed by atoms with E-state index >= 15 is 0 Å². The predicted molar refractivity (Wildman–Crippen MR) is 282 cm³/mol. The highest BCUT2D eigenvalue weighted by molar-refractivity contribution is 6.16. The predicted octanol–water partition coefficient (Wildman–Crippen LogP) is 18.2. The zero-order valence-corrected chi connectivity index (χ0v) is 36.3. The molecule has 12 aromatic carbocycles. The summed E-state index contributed by atoms with van der Waals surface area (Å²) in [5.74, 6) is 0. The van der Waals surface area contributed by atoms with Gasteiger partial charge >= 0.3 is 0 Å². The Balaban J connectivity index is 0.912. The summed E-state index contributed by atoms with van der Waals surface area (Å²) >= 11 is 0. The normalized spacial score (nSPS) is 11.3. The van der Waals surface area contributed by atoms with Crippen molar-refractivity contribution in [2.45, 2.75) is 0 Å². The van der Waals surface area contributed by atoms with Gasteiger partial charge in [0.05, 0.1) is 0 Å². The van der Waals surface area contributed by atoms with Crippen LogP contribution in [0.1, 0.15) is 0 Å². The van der Waals surface area contributed by atoms with Crippen molar-refractivity contribution in [3.05, 3.63) is 267 Å². The minimum absolute atomic E-state index is 1.10. The van der Waals surface area contributed by atoms with E-state index in [1.807, 2.05) is 0 Å². The third kappa shape index (κ3) is 7.12. The molecule has 0 atom stereocenters.